The van der Waals surface area contributed by atoms with Crippen LogP contribution in [0.3, 0.4) is 0 Å². The van der Waals surface area contributed by atoms with E-state index in [0.29, 0.717) is 0 Å². The van der Waals surface area contributed by atoms with Gasteiger partial charge in [0, 0.05) is 18.9 Å². The molecule has 0 saturated heterocycles. The number of nitrogens with one attached hydrogen (secondary N) is 1. The minimum Gasteiger partial charge on any atom is -0.463 e. The summed E-state index contributed by atoms with van der Waals surface area (Å²) >= 11 is 0. The molecule has 0 aliphatic heterocycles. The third-order valence-corrected chi connectivity index (χ3v) is 3.05. The summed E-state index contributed by atoms with van der Waals surface area (Å²) in [7, 11) is 1.92. The van der Waals surface area contributed by atoms with Gasteiger partial charge in [-0.3, -0.25) is 9.88 Å². The third kappa shape index (κ3) is 4.19. The smallest absolute Gasteiger partial charge is 0.118 e. The van der Waals surface area contributed by atoms with Crippen LogP contribution in [0.4, 0.5) is 0 Å². The van der Waals surface area contributed by atoms with Gasteiger partial charge < -0.3 is 9.73 Å². The van der Waals surface area contributed by atoms with Crippen LogP contribution in [0.15, 0.2) is 41.1 Å². The summed E-state index contributed by atoms with van der Waals surface area (Å²) in [4.78, 5) is 6.39. The minimum absolute atomic E-state index is 0.774. The maximum absolute atomic E-state index is 5.78. The standard InChI is InChI=1S/C15H21N3O/c1-3-18(11-13-6-8-17-9-7-13)12-15-5-4-14(19-15)10-16-2/h4-9,16H,3,10-12H2,1-2H3. The molecule has 0 spiro atoms. The van der Waals surface area contributed by atoms with Crippen molar-refractivity contribution in [1.29, 1.82) is 0 Å². The lowest BCUT2D eigenvalue weighted by Gasteiger charge is -2.19. The van der Waals surface area contributed by atoms with E-state index in [1.807, 2.05) is 25.5 Å². The fraction of sp³-hybridized carbons (Fsp3) is 0.400. The molecule has 102 valence electrons. The maximum Gasteiger partial charge on any atom is 0.118 e. The van der Waals surface area contributed by atoms with E-state index in [9.17, 15) is 0 Å². The lowest BCUT2D eigenvalue weighted by atomic mass is 10.2. The van der Waals surface area contributed by atoms with Crippen molar-refractivity contribution in [2.45, 2.75) is 26.6 Å². The van der Waals surface area contributed by atoms with Crippen LogP contribution >= 0.6 is 0 Å². The topological polar surface area (TPSA) is 41.3 Å². The number of pyridine rings is 1. The molecule has 0 unspecified atom stereocenters. The van der Waals surface area contributed by atoms with Gasteiger partial charge in [-0.05, 0) is 43.4 Å². The molecule has 0 bridgehead atoms. The van der Waals surface area contributed by atoms with E-state index in [1.165, 1.54) is 5.56 Å². The van der Waals surface area contributed by atoms with Crippen LogP contribution in [0.5, 0.6) is 0 Å². The molecule has 2 aromatic rings. The van der Waals surface area contributed by atoms with Crippen molar-refractivity contribution >= 4 is 0 Å². The molecule has 0 amide bonds. The van der Waals surface area contributed by atoms with Gasteiger partial charge in [0.1, 0.15) is 11.5 Å². The van der Waals surface area contributed by atoms with Crippen LogP contribution in [-0.4, -0.2) is 23.5 Å². The predicted molar refractivity (Wildman–Crippen MR) is 75.5 cm³/mol. The molecular formula is C15H21N3O. The quantitative estimate of drug-likeness (QED) is 0.829. The van der Waals surface area contributed by atoms with Crippen LogP contribution in [0, 0.1) is 0 Å². The molecule has 4 heteroatoms. The van der Waals surface area contributed by atoms with Gasteiger partial charge in [-0.25, -0.2) is 0 Å². The van der Waals surface area contributed by atoms with Crippen LogP contribution in [0.25, 0.3) is 0 Å². The largest absolute Gasteiger partial charge is 0.463 e. The maximum atomic E-state index is 5.78. The molecule has 2 rings (SSSR count). The van der Waals surface area contributed by atoms with E-state index >= 15 is 0 Å². The zero-order valence-corrected chi connectivity index (χ0v) is 11.6. The van der Waals surface area contributed by atoms with Crippen molar-refractivity contribution in [2.24, 2.45) is 0 Å². The van der Waals surface area contributed by atoms with Crippen molar-refractivity contribution in [2.75, 3.05) is 13.6 Å². The fourth-order valence-corrected chi connectivity index (χ4v) is 2.02. The Balaban J connectivity index is 1.94. The highest BCUT2D eigenvalue weighted by molar-refractivity contribution is 5.10. The van der Waals surface area contributed by atoms with E-state index in [1.54, 1.807) is 0 Å². The van der Waals surface area contributed by atoms with Gasteiger partial charge in [0.05, 0.1) is 13.1 Å². The van der Waals surface area contributed by atoms with Gasteiger partial charge in [-0.1, -0.05) is 6.92 Å². The highest BCUT2D eigenvalue weighted by Crippen LogP contribution is 2.12. The van der Waals surface area contributed by atoms with Crippen molar-refractivity contribution in [3.05, 3.63) is 53.7 Å². The second-order valence-corrected chi connectivity index (χ2v) is 4.56. The van der Waals surface area contributed by atoms with Gasteiger partial charge in [-0.15, -0.1) is 0 Å². The number of nitrogens with zero attached hydrogens (tertiary/aromatic N) is 2. The molecule has 2 aromatic heterocycles. The average molecular weight is 259 g/mol. The molecule has 4 nitrogen and oxygen atoms in total. The van der Waals surface area contributed by atoms with Crippen molar-refractivity contribution in [1.82, 2.24) is 15.2 Å². The van der Waals surface area contributed by atoms with Crippen molar-refractivity contribution in [3.8, 4) is 0 Å². The Morgan fingerprint density at radius 2 is 1.84 bits per heavy atom. The summed E-state index contributed by atoms with van der Waals surface area (Å²) < 4.78 is 5.78. The number of hydrogen-bond acceptors (Lipinski definition) is 4. The summed E-state index contributed by atoms with van der Waals surface area (Å²) in [5, 5.41) is 3.09. The van der Waals surface area contributed by atoms with Gasteiger partial charge in [0.15, 0.2) is 0 Å². The molecule has 0 fully saturated rings. The van der Waals surface area contributed by atoms with E-state index in [-0.39, 0.29) is 0 Å². The lowest BCUT2D eigenvalue weighted by Crippen LogP contribution is -2.22. The first-order valence-electron chi connectivity index (χ1n) is 6.65. The van der Waals surface area contributed by atoms with Crippen LogP contribution in [-0.2, 0) is 19.6 Å². The Labute approximate surface area is 114 Å². The molecule has 2 heterocycles. The zero-order valence-electron chi connectivity index (χ0n) is 11.6. The summed E-state index contributed by atoms with van der Waals surface area (Å²) in [6, 6.07) is 8.20. The van der Waals surface area contributed by atoms with Gasteiger partial charge in [0.25, 0.3) is 0 Å². The summed E-state index contributed by atoms with van der Waals surface area (Å²) in [6.07, 6.45) is 3.67. The Bertz CT molecular complexity index is 481. The summed E-state index contributed by atoms with van der Waals surface area (Å²) in [5.74, 6) is 2.00. The van der Waals surface area contributed by atoms with Crippen molar-refractivity contribution < 1.29 is 4.42 Å². The minimum atomic E-state index is 0.774. The van der Waals surface area contributed by atoms with Gasteiger partial charge in [-0.2, -0.15) is 0 Å². The number of aromatic nitrogens is 1. The molecule has 1 N–H and O–H groups in total. The fourth-order valence-electron chi connectivity index (χ4n) is 2.02. The van der Waals surface area contributed by atoms with Crippen molar-refractivity contribution in [3.63, 3.8) is 0 Å². The normalized spacial score (nSPS) is 11.1. The Morgan fingerprint density at radius 3 is 2.53 bits per heavy atom. The first kappa shape index (κ1) is 13.8. The molecule has 0 saturated carbocycles. The monoisotopic (exact) mass is 259 g/mol. The summed E-state index contributed by atoms with van der Waals surface area (Å²) in [5.41, 5.74) is 1.28. The first-order chi connectivity index (χ1) is 9.31. The van der Waals surface area contributed by atoms with Gasteiger partial charge in [0.2, 0.25) is 0 Å². The van der Waals surface area contributed by atoms with E-state index in [0.717, 1.165) is 37.7 Å². The average Bonchev–Trinajstić information content (AvgIpc) is 2.87. The number of furan rings is 1. The highest BCUT2D eigenvalue weighted by Gasteiger charge is 2.08. The third-order valence-electron chi connectivity index (χ3n) is 3.05. The second kappa shape index (κ2) is 7.07. The van der Waals surface area contributed by atoms with Crippen LogP contribution < -0.4 is 5.32 Å². The zero-order chi connectivity index (χ0) is 13.5. The Morgan fingerprint density at radius 1 is 1.11 bits per heavy atom. The van der Waals surface area contributed by atoms with Gasteiger partial charge >= 0.3 is 0 Å². The van der Waals surface area contributed by atoms with Crippen LogP contribution in [0.2, 0.25) is 0 Å². The lowest BCUT2D eigenvalue weighted by molar-refractivity contribution is 0.244. The molecular weight excluding hydrogens is 238 g/mol. The molecule has 0 aromatic carbocycles. The van der Waals surface area contributed by atoms with Crippen LogP contribution in [0.1, 0.15) is 24.0 Å². The number of hydrogen-bond donors (Lipinski definition) is 1. The summed E-state index contributed by atoms with van der Waals surface area (Å²) in [6.45, 7) is 5.68. The Kier molecular flexibility index (Phi) is 5.12. The number of rotatable bonds is 7. The second-order valence-electron chi connectivity index (χ2n) is 4.56. The molecule has 0 aliphatic carbocycles. The predicted octanol–water partition coefficient (Wildman–Crippen LogP) is 2.42. The highest BCUT2D eigenvalue weighted by atomic mass is 16.3. The molecule has 0 radical (unpaired) electrons. The molecule has 0 atom stereocenters. The molecule has 19 heavy (non-hydrogen) atoms. The van der Waals surface area contributed by atoms with E-state index in [4.69, 9.17) is 4.42 Å². The van der Waals surface area contributed by atoms with E-state index < -0.39 is 0 Å². The van der Waals surface area contributed by atoms with E-state index in [2.05, 4.69) is 40.3 Å². The first-order valence-corrected chi connectivity index (χ1v) is 6.65. The SMILES string of the molecule is CCN(Cc1ccncc1)Cc1ccc(CNC)o1. The Hall–Kier alpha value is -1.65. The molecule has 0 aliphatic rings.